The molecule has 0 radical (unpaired) electrons. The molecule has 0 atom stereocenters. The Morgan fingerprint density at radius 2 is 1.57 bits per heavy atom. The number of carbonyl (C=O) groups is 2. The van der Waals surface area contributed by atoms with Gasteiger partial charge in [-0.1, -0.05) is 60.7 Å². The Kier molecular flexibility index (Phi) is 9.99. The van der Waals surface area contributed by atoms with Gasteiger partial charge in [-0.2, -0.15) is 0 Å². The molecule has 40 heavy (non-hydrogen) atoms. The smallest absolute Gasteiger partial charge is 0.323 e. The summed E-state index contributed by atoms with van der Waals surface area (Å²) >= 11 is 0. The second kappa shape index (κ2) is 14.0. The van der Waals surface area contributed by atoms with Gasteiger partial charge >= 0.3 is 11.9 Å². The van der Waals surface area contributed by atoms with Gasteiger partial charge in [0.1, 0.15) is 18.0 Å². The molecular weight excluding hydrogens is 506 g/mol. The van der Waals surface area contributed by atoms with Gasteiger partial charge in [0.15, 0.2) is 0 Å². The van der Waals surface area contributed by atoms with Crippen LogP contribution >= 0.6 is 0 Å². The van der Waals surface area contributed by atoms with Crippen LogP contribution in [0.5, 0.6) is 11.5 Å². The molecule has 1 heterocycles. The van der Waals surface area contributed by atoms with Crippen molar-refractivity contribution in [3.63, 3.8) is 0 Å². The number of rotatable bonds is 15. The van der Waals surface area contributed by atoms with E-state index in [0.717, 1.165) is 57.5 Å². The van der Waals surface area contributed by atoms with Crippen LogP contribution in [0.3, 0.4) is 0 Å². The minimum absolute atomic E-state index is 0.0767. The van der Waals surface area contributed by atoms with E-state index in [1.54, 1.807) is 4.57 Å². The van der Waals surface area contributed by atoms with Crippen LogP contribution in [0.2, 0.25) is 0 Å². The minimum atomic E-state index is -0.929. The highest BCUT2D eigenvalue weighted by Gasteiger charge is 2.13. The van der Waals surface area contributed by atoms with Crippen molar-refractivity contribution in [2.75, 3.05) is 13.2 Å². The molecule has 0 aliphatic rings. The van der Waals surface area contributed by atoms with Gasteiger partial charge in [0.25, 0.3) is 0 Å². The zero-order chi connectivity index (χ0) is 28.3. The minimum Gasteiger partial charge on any atom is -0.494 e. The summed E-state index contributed by atoms with van der Waals surface area (Å²) in [7, 11) is 0. The predicted molar refractivity (Wildman–Crippen MR) is 157 cm³/mol. The number of carboxylic acids is 2. The number of hydrogen-bond acceptors (Lipinski definition) is 4. The molecule has 0 aliphatic heterocycles. The first-order valence-electron chi connectivity index (χ1n) is 13.5. The number of ether oxygens (including phenoxy) is 2. The van der Waals surface area contributed by atoms with Gasteiger partial charge in [-0.3, -0.25) is 9.59 Å². The number of benzene rings is 3. The van der Waals surface area contributed by atoms with Crippen LogP contribution in [-0.4, -0.2) is 39.9 Å². The van der Waals surface area contributed by atoms with Crippen LogP contribution in [0, 0.1) is 6.92 Å². The van der Waals surface area contributed by atoms with Crippen molar-refractivity contribution in [1.82, 2.24) is 4.57 Å². The van der Waals surface area contributed by atoms with E-state index in [0.29, 0.717) is 26.1 Å². The van der Waals surface area contributed by atoms with Crippen LogP contribution in [-0.2, 0) is 22.6 Å². The lowest BCUT2D eigenvalue weighted by Crippen LogP contribution is -2.07. The first-order valence-corrected chi connectivity index (χ1v) is 13.5. The third kappa shape index (κ3) is 7.99. The summed E-state index contributed by atoms with van der Waals surface area (Å²) in [4.78, 5) is 22.4. The largest absolute Gasteiger partial charge is 0.494 e. The molecular formula is C33H35NO6. The van der Waals surface area contributed by atoms with Crippen molar-refractivity contribution in [2.24, 2.45) is 0 Å². The molecule has 2 N–H and O–H groups in total. The van der Waals surface area contributed by atoms with E-state index in [-0.39, 0.29) is 13.0 Å². The highest BCUT2D eigenvalue weighted by molar-refractivity contribution is 5.94. The Hall–Kier alpha value is -4.52. The number of carboxylic acid groups (broad SMARTS) is 2. The van der Waals surface area contributed by atoms with Gasteiger partial charge in [-0.25, -0.2) is 0 Å². The van der Waals surface area contributed by atoms with E-state index in [1.165, 1.54) is 0 Å². The van der Waals surface area contributed by atoms with Crippen molar-refractivity contribution in [3.05, 3.63) is 95.2 Å². The Morgan fingerprint density at radius 1 is 0.825 bits per heavy atom. The number of fused-ring (bicyclic) bond motifs is 1. The highest BCUT2D eigenvalue weighted by Crippen LogP contribution is 2.28. The Morgan fingerprint density at radius 3 is 2.30 bits per heavy atom. The van der Waals surface area contributed by atoms with E-state index in [4.69, 9.17) is 14.6 Å². The monoisotopic (exact) mass is 541 g/mol. The van der Waals surface area contributed by atoms with Crippen molar-refractivity contribution in [1.29, 1.82) is 0 Å². The van der Waals surface area contributed by atoms with Crippen molar-refractivity contribution in [3.8, 4) is 11.5 Å². The molecule has 4 rings (SSSR count). The molecule has 1 aromatic heterocycles. The Labute approximate surface area is 234 Å². The normalized spacial score (nSPS) is 11.2. The number of unbranched alkanes of at least 4 members (excludes halogenated alkanes) is 1. The van der Waals surface area contributed by atoms with Gasteiger partial charge < -0.3 is 24.3 Å². The maximum Gasteiger partial charge on any atom is 0.323 e. The lowest BCUT2D eigenvalue weighted by Gasteiger charge is -2.09. The summed E-state index contributed by atoms with van der Waals surface area (Å²) in [5, 5.41) is 19.4. The molecule has 0 bridgehead atoms. The number of hydrogen-bond donors (Lipinski definition) is 2. The van der Waals surface area contributed by atoms with Crippen molar-refractivity contribution < 1.29 is 29.3 Å². The van der Waals surface area contributed by atoms with Crippen LogP contribution < -0.4 is 9.47 Å². The molecule has 0 saturated heterocycles. The lowest BCUT2D eigenvalue weighted by molar-refractivity contribution is -0.138. The van der Waals surface area contributed by atoms with Gasteiger partial charge in [0.2, 0.25) is 0 Å². The maximum absolute atomic E-state index is 11.5. The zero-order valence-corrected chi connectivity index (χ0v) is 22.7. The zero-order valence-electron chi connectivity index (χ0n) is 22.7. The molecule has 4 aromatic rings. The van der Waals surface area contributed by atoms with E-state index >= 15 is 0 Å². The molecule has 0 spiro atoms. The number of aromatic nitrogens is 1. The van der Waals surface area contributed by atoms with Gasteiger partial charge in [0, 0.05) is 18.0 Å². The summed E-state index contributed by atoms with van der Waals surface area (Å²) in [6, 6.07) is 21.7. The predicted octanol–water partition coefficient (Wildman–Crippen LogP) is 6.85. The summed E-state index contributed by atoms with van der Waals surface area (Å²) in [5.74, 6) is -0.0324. The second-order valence-corrected chi connectivity index (χ2v) is 9.74. The molecule has 7 nitrogen and oxygen atoms in total. The average Bonchev–Trinajstić information content (AvgIpc) is 3.28. The van der Waals surface area contributed by atoms with Crippen LogP contribution in [0.25, 0.3) is 23.1 Å². The van der Waals surface area contributed by atoms with E-state index in [1.807, 2.05) is 92.0 Å². The average molecular weight is 542 g/mol. The fraction of sp³-hybridized carbons (Fsp3) is 0.273. The fourth-order valence-corrected chi connectivity index (χ4v) is 4.65. The van der Waals surface area contributed by atoms with E-state index in [9.17, 15) is 14.7 Å². The molecule has 0 saturated carbocycles. The van der Waals surface area contributed by atoms with Crippen LogP contribution in [0.4, 0.5) is 0 Å². The third-order valence-electron chi connectivity index (χ3n) is 6.65. The SMILES string of the molecule is Cc1ccccc1OCCCCOc1ccc(/C=C/c2cccc3c(CCCC(=O)O)cn(CC(=O)O)c23)cc1. The lowest BCUT2D eigenvalue weighted by atomic mass is 10.0. The summed E-state index contributed by atoms with van der Waals surface area (Å²) < 4.78 is 13.5. The first kappa shape index (κ1) is 28.5. The number of nitrogens with zero attached hydrogens (tertiary/aromatic N) is 1. The Balaban J connectivity index is 1.35. The maximum atomic E-state index is 11.5. The Bertz CT molecular complexity index is 1470. The third-order valence-corrected chi connectivity index (χ3v) is 6.65. The molecule has 0 unspecified atom stereocenters. The van der Waals surface area contributed by atoms with Crippen LogP contribution in [0.1, 0.15) is 47.9 Å². The van der Waals surface area contributed by atoms with Crippen molar-refractivity contribution in [2.45, 2.75) is 45.6 Å². The summed E-state index contributed by atoms with van der Waals surface area (Å²) in [6.07, 6.45) is 8.75. The van der Waals surface area contributed by atoms with E-state index < -0.39 is 11.9 Å². The first-order chi connectivity index (χ1) is 19.4. The molecule has 208 valence electrons. The van der Waals surface area contributed by atoms with Crippen molar-refractivity contribution >= 4 is 35.0 Å². The quantitative estimate of drug-likeness (QED) is 0.126. The summed E-state index contributed by atoms with van der Waals surface area (Å²) in [5.41, 5.74) is 4.82. The summed E-state index contributed by atoms with van der Waals surface area (Å²) in [6.45, 7) is 3.15. The van der Waals surface area contributed by atoms with Gasteiger partial charge in [-0.15, -0.1) is 0 Å². The van der Waals surface area contributed by atoms with Gasteiger partial charge in [0.05, 0.1) is 18.7 Å². The molecule has 7 heteroatoms. The number of aryl methyl sites for hydroxylation is 2. The standard InChI is InChI=1S/C33H35NO6/c1-24-8-2-3-12-30(24)40-21-5-4-20-39-28-18-15-25(16-19-28)14-17-26-9-6-11-29-27(10-7-13-31(35)36)22-34(33(26)29)23-32(37)38/h2-3,6,8-9,11-12,14-19,22H,4-5,7,10,13,20-21,23H2,1H3,(H,35,36)(H,37,38)/b17-14+. The number of para-hydroxylation sites is 2. The second-order valence-electron chi connectivity index (χ2n) is 9.74. The number of aliphatic carboxylic acids is 2. The highest BCUT2D eigenvalue weighted by atomic mass is 16.5. The van der Waals surface area contributed by atoms with Crippen LogP contribution in [0.15, 0.2) is 72.9 Å². The van der Waals surface area contributed by atoms with Gasteiger partial charge in [-0.05, 0) is 73.1 Å². The fourth-order valence-electron chi connectivity index (χ4n) is 4.65. The molecule has 3 aromatic carbocycles. The molecule has 0 fully saturated rings. The van der Waals surface area contributed by atoms with E-state index in [2.05, 4.69) is 0 Å². The topological polar surface area (TPSA) is 98.0 Å². The molecule has 0 amide bonds. The molecule has 0 aliphatic carbocycles.